The number of benzene rings is 3. The van der Waals surface area contributed by atoms with Crippen molar-refractivity contribution in [3.05, 3.63) is 46.5 Å². The summed E-state index contributed by atoms with van der Waals surface area (Å²) in [5.41, 5.74) is 4.29. The summed E-state index contributed by atoms with van der Waals surface area (Å²) in [6, 6.07) is 8.86. The van der Waals surface area contributed by atoms with Gasteiger partial charge in [-0.15, -0.1) is 0 Å². The molecule has 1 fully saturated rings. The van der Waals surface area contributed by atoms with E-state index in [0.717, 1.165) is 52.9 Å². The van der Waals surface area contributed by atoms with Crippen molar-refractivity contribution in [2.75, 3.05) is 20.8 Å². The van der Waals surface area contributed by atoms with Crippen molar-refractivity contribution in [3.63, 3.8) is 0 Å². The van der Waals surface area contributed by atoms with Crippen LogP contribution in [0.5, 0.6) is 11.5 Å². The van der Waals surface area contributed by atoms with Crippen molar-refractivity contribution >= 4 is 21.5 Å². The average molecular weight is 393 g/mol. The van der Waals surface area contributed by atoms with E-state index in [2.05, 4.69) is 17.0 Å². The van der Waals surface area contributed by atoms with Crippen LogP contribution in [0.1, 0.15) is 35.1 Å². The van der Waals surface area contributed by atoms with Gasteiger partial charge in [-0.05, 0) is 82.7 Å². The van der Waals surface area contributed by atoms with Gasteiger partial charge in [-0.3, -0.25) is 4.90 Å². The summed E-state index contributed by atoms with van der Waals surface area (Å²) in [4.78, 5) is 2.60. The molecule has 0 bridgehead atoms. The number of hydrogen-bond acceptors (Lipinski definition) is 5. The third kappa shape index (κ3) is 2.80. The van der Waals surface area contributed by atoms with Gasteiger partial charge in [0.15, 0.2) is 0 Å². The van der Waals surface area contributed by atoms with Gasteiger partial charge in [0.05, 0.1) is 27.4 Å². The first-order valence-corrected chi connectivity index (χ1v) is 10.3. The second-order valence-corrected chi connectivity index (χ2v) is 8.16. The molecule has 3 aromatic carbocycles. The first kappa shape index (κ1) is 18.7. The van der Waals surface area contributed by atoms with Gasteiger partial charge < -0.3 is 19.7 Å². The number of rotatable bonds is 4. The standard InChI is InChI=1S/C24H27NO4/c1-28-23-9-20-17(6-14(23)12-26)18-7-15(13-27)24(29-2)10-21(18)22-11-25-5-3-4-16(25)8-19(20)22/h6-7,9-10,16,26-27H,3-5,8,11-13H2,1-2H3/t16-/m1/s1. The highest BCUT2D eigenvalue weighted by Gasteiger charge is 2.32. The van der Waals surface area contributed by atoms with Gasteiger partial charge in [0.1, 0.15) is 11.5 Å². The van der Waals surface area contributed by atoms with Crippen LogP contribution < -0.4 is 9.47 Å². The zero-order valence-corrected chi connectivity index (χ0v) is 17.0. The lowest BCUT2D eigenvalue weighted by Gasteiger charge is -2.33. The van der Waals surface area contributed by atoms with Crippen LogP contribution in [-0.2, 0) is 26.2 Å². The smallest absolute Gasteiger partial charge is 0.125 e. The number of aliphatic hydroxyl groups is 2. The summed E-state index contributed by atoms with van der Waals surface area (Å²) < 4.78 is 11.2. The van der Waals surface area contributed by atoms with Crippen LogP contribution in [0, 0.1) is 0 Å². The molecule has 5 rings (SSSR count). The number of hydrogen-bond donors (Lipinski definition) is 2. The Morgan fingerprint density at radius 1 is 0.862 bits per heavy atom. The minimum atomic E-state index is -0.0745. The van der Waals surface area contributed by atoms with Crippen LogP contribution in [0.4, 0.5) is 0 Å². The molecule has 0 radical (unpaired) electrons. The summed E-state index contributed by atoms with van der Waals surface area (Å²) in [7, 11) is 3.31. The second-order valence-electron chi connectivity index (χ2n) is 8.16. The van der Waals surface area contributed by atoms with Crippen molar-refractivity contribution in [3.8, 4) is 11.5 Å². The minimum absolute atomic E-state index is 0.0723. The van der Waals surface area contributed by atoms with Crippen LogP contribution in [0.15, 0.2) is 24.3 Å². The molecule has 1 saturated heterocycles. The topological polar surface area (TPSA) is 62.2 Å². The Morgan fingerprint density at radius 3 is 2.00 bits per heavy atom. The lowest BCUT2D eigenvalue weighted by atomic mass is 9.84. The second kappa shape index (κ2) is 7.17. The van der Waals surface area contributed by atoms with Crippen LogP contribution >= 0.6 is 0 Å². The van der Waals surface area contributed by atoms with E-state index in [1.807, 2.05) is 12.1 Å². The Morgan fingerprint density at radius 2 is 1.45 bits per heavy atom. The molecular formula is C24H27NO4. The number of fused-ring (bicyclic) bond motifs is 7. The molecule has 2 heterocycles. The quantitative estimate of drug-likeness (QED) is 0.664. The summed E-state index contributed by atoms with van der Waals surface area (Å²) in [5.74, 6) is 1.45. The largest absolute Gasteiger partial charge is 0.496 e. The number of aliphatic hydroxyl groups excluding tert-OH is 2. The predicted molar refractivity (Wildman–Crippen MR) is 114 cm³/mol. The van der Waals surface area contributed by atoms with Gasteiger partial charge in [0, 0.05) is 23.7 Å². The Kier molecular flexibility index (Phi) is 4.62. The van der Waals surface area contributed by atoms with E-state index in [-0.39, 0.29) is 13.2 Å². The molecule has 0 unspecified atom stereocenters. The molecular weight excluding hydrogens is 366 g/mol. The van der Waals surface area contributed by atoms with Crippen molar-refractivity contribution in [2.45, 2.75) is 45.1 Å². The molecule has 152 valence electrons. The van der Waals surface area contributed by atoms with Gasteiger partial charge in [-0.2, -0.15) is 0 Å². The highest BCUT2D eigenvalue weighted by molar-refractivity contribution is 6.12. The summed E-state index contributed by atoms with van der Waals surface area (Å²) in [6.07, 6.45) is 3.54. The molecule has 2 aliphatic rings. The van der Waals surface area contributed by atoms with Crippen molar-refractivity contribution in [1.29, 1.82) is 0 Å². The number of ether oxygens (including phenoxy) is 2. The van der Waals surface area contributed by atoms with E-state index in [0.29, 0.717) is 6.04 Å². The molecule has 0 saturated carbocycles. The molecule has 0 amide bonds. The van der Waals surface area contributed by atoms with E-state index in [1.165, 1.54) is 34.7 Å². The van der Waals surface area contributed by atoms with E-state index >= 15 is 0 Å². The highest BCUT2D eigenvalue weighted by Crippen LogP contribution is 2.43. The average Bonchev–Trinajstić information content (AvgIpc) is 3.23. The van der Waals surface area contributed by atoms with E-state index < -0.39 is 0 Å². The van der Waals surface area contributed by atoms with Crippen molar-refractivity contribution in [1.82, 2.24) is 4.90 Å². The maximum Gasteiger partial charge on any atom is 0.125 e. The van der Waals surface area contributed by atoms with E-state index in [1.54, 1.807) is 14.2 Å². The third-order valence-corrected chi connectivity index (χ3v) is 6.79. The molecule has 29 heavy (non-hydrogen) atoms. The van der Waals surface area contributed by atoms with Gasteiger partial charge in [0.2, 0.25) is 0 Å². The van der Waals surface area contributed by atoms with Crippen molar-refractivity contribution in [2.24, 2.45) is 0 Å². The number of methoxy groups -OCH3 is 2. The van der Waals surface area contributed by atoms with Crippen LogP contribution in [0.2, 0.25) is 0 Å². The van der Waals surface area contributed by atoms with Gasteiger partial charge in [-0.25, -0.2) is 0 Å². The first-order valence-electron chi connectivity index (χ1n) is 10.3. The van der Waals surface area contributed by atoms with Gasteiger partial charge >= 0.3 is 0 Å². The third-order valence-electron chi connectivity index (χ3n) is 6.79. The maximum absolute atomic E-state index is 9.88. The molecule has 1 atom stereocenters. The summed E-state index contributed by atoms with van der Waals surface area (Å²) in [5, 5.41) is 24.3. The van der Waals surface area contributed by atoms with Crippen LogP contribution in [0.25, 0.3) is 21.5 Å². The molecule has 0 aromatic heterocycles. The monoisotopic (exact) mass is 393 g/mol. The highest BCUT2D eigenvalue weighted by atomic mass is 16.5. The van der Waals surface area contributed by atoms with E-state index in [9.17, 15) is 10.2 Å². The zero-order chi connectivity index (χ0) is 20.1. The minimum Gasteiger partial charge on any atom is -0.496 e. The van der Waals surface area contributed by atoms with Crippen LogP contribution in [0.3, 0.4) is 0 Å². The molecule has 2 aliphatic heterocycles. The number of nitrogens with zero attached hydrogens (tertiary/aromatic N) is 1. The summed E-state index contributed by atoms with van der Waals surface area (Å²) in [6.45, 7) is 1.95. The lowest BCUT2D eigenvalue weighted by molar-refractivity contribution is 0.229. The SMILES string of the molecule is COc1cc2c3c(c4cc(OC)c(CO)cc4c2cc1CO)CN1CCC[C@@H]1C3. The Bertz CT molecular complexity index is 1020. The fourth-order valence-electron chi connectivity index (χ4n) is 5.33. The predicted octanol–water partition coefficient (Wildman–Crippen LogP) is 3.52. The maximum atomic E-state index is 9.88. The van der Waals surface area contributed by atoms with Crippen molar-refractivity contribution < 1.29 is 19.7 Å². The molecule has 2 N–H and O–H groups in total. The lowest BCUT2D eigenvalue weighted by Crippen LogP contribution is -2.35. The Balaban J connectivity index is 1.90. The first-order chi connectivity index (χ1) is 14.2. The van der Waals surface area contributed by atoms with Gasteiger partial charge in [-0.1, -0.05) is 0 Å². The fraction of sp³-hybridized carbons (Fsp3) is 0.417. The fourth-order valence-corrected chi connectivity index (χ4v) is 5.33. The molecule has 5 nitrogen and oxygen atoms in total. The normalized spacial score (nSPS) is 18.8. The van der Waals surface area contributed by atoms with Crippen LogP contribution in [-0.4, -0.2) is 41.9 Å². The van der Waals surface area contributed by atoms with E-state index in [4.69, 9.17) is 9.47 Å². The molecule has 3 aromatic rings. The molecule has 0 aliphatic carbocycles. The summed E-state index contributed by atoms with van der Waals surface area (Å²) >= 11 is 0. The zero-order valence-electron chi connectivity index (χ0n) is 17.0. The van der Waals surface area contributed by atoms with Gasteiger partial charge in [0.25, 0.3) is 0 Å². The Labute approximate surface area is 170 Å². The molecule has 5 heteroatoms. The molecule has 0 spiro atoms. The Hall–Kier alpha value is -2.34.